The van der Waals surface area contributed by atoms with Gasteiger partial charge in [0.1, 0.15) is 0 Å². The molecule has 2 aliphatic carbocycles. The molecule has 0 bridgehead atoms. The molecule has 0 aromatic carbocycles. The smallest absolute Gasteiger partial charge is 0.0142 e. The van der Waals surface area contributed by atoms with Crippen LogP contribution in [0.25, 0.3) is 0 Å². The molecule has 0 amide bonds. The Balaban J connectivity index is 0.000000336. The first-order chi connectivity index (χ1) is 5.88. The zero-order valence-corrected chi connectivity index (χ0v) is 8.46. The van der Waals surface area contributed by atoms with E-state index in [0.29, 0.717) is 0 Å². The third kappa shape index (κ3) is 1.80. The molecule has 0 aromatic heterocycles. The van der Waals surface area contributed by atoms with E-state index in [9.17, 15) is 0 Å². The van der Waals surface area contributed by atoms with Crippen LogP contribution >= 0.6 is 0 Å². The first-order valence-electron chi connectivity index (χ1n) is 5.23. The van der Waals surface area contributed by atoms with Gasteiger partial charge in [-0.05, 0) is 30.6 Å². The van der Waals surface area contributed by atoms with Crippen LogP contribution in [0.5, 0.6) is 0 Å². The monoisotopic (exact) mass is 164 g/mol. The average molecular weight is 164 g/mol. The number of hydrogen-bond donors (Lipinski definition) is 0. The lowest BCUT2D eigenvalue weighted by Crippen LogP contribution is -2.09. The van der Waals surface area contributed by atoms with Crippen LogP contribution in [-0.4, -0.2) is 0 Å². The molecular weight excluding hydrogens is 144 g/mol. The van der Waals surface area contributed by atoms with E-state index in [2.05, 4.69) is 31.2 Å². The molecule has 68 valence electrons. The summed E-state index contributed by atoms with van der Waals surface area (Å²) in [6.07, 6.45) is 12.0. The summed E-state index contributed by atoms with van der Waals surface area (Å²) in [5.41, 5.74) is 0. The van der Waals surface area contributed by atoms with Gasteiger partial charge in [0.05, 0.1) is 0 Å². The van der Waals surface area contributed by atoms with Gasteiger partial charge in [-0.25, -0.2) is 0 Å². The van der Waals surface area contributed by atoms with E-state index in [-0.39, 0.29) is 0 Å². The minimum Gasteiger partial charge on any atom is -0.0808 e. The Labute approximate surface area is 76.4 Å². The van der Waals surface area contributed by atoms with Crippen LogP contribution in [0.1, 0.15) is 33.6 Å². The molecule has 1 saturated carbocycles. The van der Waals surface area contributed by atoms with Crippen molar-refractivity contribution < 1.29 is 0 Å². The van der Waals surface area contributed by atoms with Gasteiger partial charge in [-0.15, -0.1) is 0 Å². The normalized spacial score (nSPS) is 37.1. The second kappa shape index (κ2) is 4.49. The number of hydrogen-bond acceptors (Lipinski definition) is 0. The molecular formula is C12H20. The molecule has 2 aliphatic rings. The van der Waals surface area contributed by atoms with Crippen LogP contribution in [0.3, 0.4) is 0 Å². The molecule has 0 aromatic rings. The fourth-order valence-electron chi connectivity index (χ4n) is 2.22. The summed E-state index contributed by atoms with van der Waals surface area (Å²) >= 11 is 0. The lowest BCUT2D eigenvalue weighted by molar-refractivity contribution is 0.451. The largest absolute Gasteiger partial charge is 0.0808 e. The van der Waals surface area contributed by atoms with E-state index in [1.807, 2.05) is 13.8 Å². The standard InChI is InChI=1S/C10H14.C2H6/c1-8-6-7-9-4-2-3-5-10(8)9;1-2/h2-5,8-10H,6-7H2,1H3;1-2H3. The summed E-state index contributed by atoms with van der Waals surface area (Å²) in [5, 5.41) is 0. The quantitative estimate of drug-likeness (QED) is 0.511. The van der Waals surface area contributed by atoms with Gasteiger partial charge >= 0.3 is 0 Å². The molecule has 2 rings (SSSR count). The van der Waals surface area contributed by atoms with E-state index in [1.54, 1.807) is 0 Å². The number of fused-ring (bicyclic) bond motifs is 1. The van der Waals surface area contributed by atoms with Crippen molar-refractivity contribution in [1.82, 2.24) is 0 Å². The molecule has 1 fully saturated rings. The zero-order valence-electron chi connectivity index (χ0n) is 8.46. The Kier molecular flexibility index (Phi) is 3.58. The third-order valence-corrected chi connectivity index (χ3v) is 2.91. The van der Waals surface area contributed by atoms with Crippen molar-refractivity contribution in [1.29, 1.82) is 0 Å². The van der Waals surface area contributed by atoms with Gasteiger partial charge in [-0.1, -0.05) is 45.1 Å². The fraction of sp³-hybridized carbons (Fsp3) is 0.667. The molecule has 0 radical (unpaired) electrons. The lowest BCUT2D eigenvalue weighted by Gasteiger charge is -2.18. The average Bonchev–Trinajstić information content (AvgIpc) is 2.53. The van der Waals surface area contributed by atoms with Gasteiger partial charge in [0.15, 0.2) is 0 Å². The van der Waals surface area contributed by atoms with Gasteiger partial charge in [-0.2, -0.15) is 0 Å². The van der Waals surface area contributed by atoms with Gasteiger partial charge in [-0.3, -0.25) is 0 Å². The summed E-state index contributed by atoms with van der Waals surface area (Å²) in [4.78, 5) is 0. The van der Waals surface area contributed by atoms with E-state index in [0.717, 1.165) is 17.8 Å². The minimum atomic E-state index is 0.866. The van der Waals surface area contributed by atoms with Gasteiger partial charge in [0, 0.05) is 0 Å². The summed E-state index contributed by atoms with van der Waals surface area (Å²) in [5.74, 6) is 2.66. The highest BCUT2D eigenvalue weighted by Gasteiger charge is 2.30. The van der Waals surface area contributed by atoms with Crippen molar-refractivity contribution in [2.24, 2.45) is 17.8 Å². The predicted octanol–water partition coefficient (Wildman–Crippen LogP) is 3.80. The third-order valence-electron chi connectivity index (χ3n) is 2.91. The molecule has 0 aliphatic heterocycles. The van der Waals surface area contributed by atoms with Crippen LogP contribution in [-0.2, 0) is 0 Å². The highest BCUT2D eigenvalue weighted by atomic mass is 14.3. The van der Waals surface area contributed by atoms with Crippen molar-refractivity contribution in [3.8, 4) is 0 Å². The first kappa shape index (κ1) is 9.57. The molecule has 0 spiro atoms. The number of rotatable bonds is 0. The van der Waals surface area contributed by atoms with Gasteiger partial charge in [0.2, 0.25) is 0 Å². The molecule has 3 atom stereocenters. The maximum absolute atomic E-state index is 2.38. The molecule has 0 N–H and O–H groups in total. The van der Waals surface area contributed by atoms with Crippen molar-refractivity contribution in [3.63, 3.8) is 0 Å². The Morgan fingerprint density at radius 3 is 2.33 bits per heavy atom. The van der Waals surface area contributed by atoms with Crippen molar-refractivity contribution in [2.45, 2.75) is 33.6 Å². The van der Waals surface area contributed by atoms with Crippen molar-refractivity contribution >= 4 is 0 Å². The van der Waals surface area contributed by atoms with E-state index < -0.39 is 0 Å². The molecule has 12 heavy (non-hydrogen) atoms. The van der Waals surface area contributed by atoms with E-state index in [1.165, 1.54) is 12.8 Å². The van der Waals surface area contributed by atoms with E-state index in [4.69, 9.17) is 0 Å². The second-order valence-electron chi connectivity index (χ2n) is 3.57. The second-order valence-corrected chi connectivity index (χ2v) is 3.57. The number of allylic oxidation sites excluding steroid dienone is 4. The highest BCUT2D eigenvalue weighted by molar-refractivity contribution is 5.16. The highest BCUT2D eigenvalue weighted by Crippen LogP contribution is 2.39. The molecule has 0 saturated heterocycles. The van der Waals surface area contributed by atoms with Gasteiger partial charge < -0.3 is 0 Å². The predicted molar refractivity (Wildman–Crippen MR) is 55.0 cm³/mol. The summed E-state index contributed by atoms with van der Waals surface area (Å²) in [6, 6.07) is 0. The zero-order chi connectivity index (χ0) is 8.97. The van der Waals surface area contributed by atoms with Crippen molar-refractivity contribution in [3.05, 3.63) is 24.3 Å². The Morgan fingerprint density at radius 2 is 1.67 bits per heavy atom. The molecule has 3 unspecified atom stereocenters. The Morgan fingerprint density at radius 1 is 1.00 bits per heavy atom. The lowest BCUT2D eigenvalue weighted by atomic mass is 9.87. The Hall–Kier alpha value is -0.520. The summed E-state index contributed by atoms with van der Waals surface area (Å²) in [7, 11) is 0. The minimum absolute atomic E-state index is 0.866. The maximum atomic E-state index is 2.38. The fourth-order valence-corrected chi connectivity index (χ4v) is 2.22. The maximum Gasteiger partial charge on any atom is -0.0142 e. The van der Waals surface area contributed by atoms with Crippen LogP contribution in [0, 0.1) is 17.8 Å². The summed E-state index contributed by atoms with van der Waals surface area (Å²) < 4.78 is 0. The summed E-state index contributed by atoms with van der Waals surface area (Å²) in [6.45, 7) is 6.37. The van der Waals surface area contributed by atoms with Gasteiger partial charge in [0.25, 0.3) is 0 Å². The SMILES string of the molecule is CC.CC1CCC2C=CC=CC12. The topological polar surface area (TPSA) is 0 Å². The van der Waals surface area contributed by atoms with Crippen LogP contribution in [0.2, 0.25) is 0 Å². The molecule has 0 heteroatoms. The molecule has 0 heterocycles. The Bertz CT molecular complexity index is 176. The molecule has 0 nitrogen and oxygen atoms in total. The van der Waals surface area contributed by atoms with Crippen LogP contribution < -0.4 is 0 Å². The van der Waals surface area contributed by atoms with E-state index >= 15 is 0 Å². The van der Waals surface area contributed by atoms with Crippen molar-refractivity contribution in [2.75, 3.05) is 0 Å². The van der Waals surface area contributed by atoms with Crippen LogP contribution in [0.15, 0.2) is 24.3 Å². The first-order valence-corrected chi connectivity index (χ1v) is 5.23. The van der Waals surface area contributed by atoms with Crippen LogP contribution in [0.4, 0.5) is 0 Å².